The smallest absolute Gasteiger partial charge is 0.211 e. The second-order valence-electron chi connectivity index (χ2n) is 5.68. The Kier molecular flexibility index (Phi) is 4.54. The van der Waals surface area contributed by atoms with Gasteiger partial charge in [0.15, 0.2) is 0 Å². The van der Waals surface area contributed by atoms with Crippen LogP contribution in [0.2, 0.25) is 0 Å². The summed E-state index contributed by atoms with van der Waals surface area (Å²) >= 11 is 1.65. The van der Waals surface area contributed by atoms with E-state index >= 15 is 0 Å². The van der Waals surface area contributed by atoms with Gasteiger partial charge in [0.2, 0.25) is 10.0 Å². The first-order valence-corrected chi connectivity index (χ1v) is 10.0. The number of rotatable bonds is 4. The molecule has 0 radical (unpaired) electrons. The number of ether oxygens (including phenoxy) is 1. The molecular formula is C14H20N4O3S2. The van der Waals surface area contributed by atoms with Crippen LogP contribution in [0.4, 0.5) is 5.82 Å². The van der Waals surface area contributed by atoms with E-state index in [1.54, 1.807) is 17.7 Å². The maximum atomic E-state index is 11.7. The van der Waals surface area contributed by atoms with Crippen LogP contribution in [0.25, 0.3) is 10.2 Å². The van der Waals surface area contributed by atoms with Gasteiger partial charge in [0.25, 0.3) is 0 Å². The number of thiophene rings is 1. The summed E-state index contributed by atoms with van der Waals surface area (Å²) in [7, 11) is -3.18. The zero-order valence-electron chi connectivity index (χ0n) is 13.4. The van der Waals surface area contributed by atoms with Crippen LogP contribution in [0.3, 0.4) is 0 Å². The third-order valence-electron chi connectivity index (χ3n) is 4.03. The lowest BCUT2D eigenvalue weighted by Gasteiger charge is -2.31. The van der Waals surface area contributed by atoms with E-state index in [9.17, 15) is 8.42 Å². The van der Waals surface area contributed by atoms with Crippen LogP contribution in [0.1, 0.15) is 10.4 Å². The van der Waals surface area contributed by atoms with Gasteiger partial charge in [0.05, 0.1) is 24.4 Å². The number of aromatic nitrogens is 2. The Morgan fingerprint density at radius 3 is 2.96 bits per heavy atom. The molecule has 3 heterocycles. The first-order valence-electron chi connectivity index (χ1n) is 7.37. The maximum Gasteiger partial charge on any atom is 0.211 e. The lowest BCUT2D eigenvalue weighted by Crippen LogP contribution is -2.47. The Labute approximate surface area is 139 Å². The minimum atomic E-state index is -3.18. The molecule has 0 amide bonds. The highest BCUT2D eigenvalue weighted by Gasteiger charge is 2.26. The lowest BCUT2D eigenvalue weighted by molar-refractivity contribution is 0.00702. The van der Waals surface area contributed by atoms with Crippen molar-refractivity contribution in [3.8, 4) is 0 Å². The molecule has 0 bridgehead atoms. The van der Waals surface area contributed by atoms with E-state index in [1.807, 2.05) is 0 Å². The van der Waals surface area contributed by atoms with Gasteiger partial charge in [0.1, 0.15) is 17.0 Å². The number of sulfonamides is 1. The highest BCUT2D eigenvalue weighted by molar-refractivity contribution is 7.88. The molecule has 9 heteroatoms. The van der Waals surface area contributed by atoms with Crippen molar-refractivity contribution < 1.29 is 13.2 Å². The molecule has 126 valence electrons. The van der Waals surface area contributed by atoms with E-state index in [4.69, 9.17) is 4.74 Å². The molecule has 23 heavy (non-hydrogen) atoms. The minimum Gasteiger partial charge on any atom is -0.374 e. The molecule has 1 saturated heterocycles. The number of hydrogen-bond donors (Lipinski definition) is 1. The quantitative estimate of drug-likeness (QED) is 0.891. The minimum absolute atomic E-state index is 0.191. The monoisotopic (exact) mass is 356 g/mol. The summed E-state index contributed by atoms with van der Waals surface area (Å²) in [6, 6.07) is 0. The maximum absolute atomic E-state index is 11.7. The normalized spacial score (nSPS) is 20.0. The summed E-state index contributed by atoms with van der Waals surface area (Å²) in [5.74, 6) is 0.775. The fourth-order valence-corrected chi connectivity index (χ4v) is 4.48. The van der Waals surface area contributed by atoms with Gasteiger partial charge in [-0.05, 0) is 19.4 Å². The molecule has 0 aliphatic carbocycles. The van der Waals surface area contributed by atoms with Crippen LogP contribution in [0, 0.1) is 13.8 Å². The van der Waals surface area contributed by atoms with Crippen LogP contribution in [-0.4, -0.2) is 61.3 Å². The van der Waals surface area contributed by atoms with Crippen LogP contribution >= 0.6 is 11.3 Å². The Morgan fingerprint density at radius 1 is 1.43 bits per heavy atom. The summed E-state index contributed by atoms with van der Waals surface area (Å²) in [4.78, 5) is 10.8. The van der Waals surface area contributed by atoms with E-state index in [0.717, 1.165) is 16.0 Å². The van der Waals surface area contributed by atoms with Crippen molar-refractivity contribution in [3.63, 3.8) is 0 Å². The lowest BCUT2D eigenvalue weighted by atomic mass is 10.2. The van der Waals surface area contributed by atoms with E-state index in [1.165, 1.54) is 21.0 Å². The molecule has 1 aliphatic rings. The predicted molar refractivity (Wildman–Crippen MR) is 91.5 cm³/mol. The molecule has 2 aromatic heterocycles. The van der Waals surface area contributed by atoms with Gasteiger partial charge in [0, 0.05) is 24.5 Å². The van der Waals surface area contributed by atoms with Gasteiger partial charge < -0.3 is 10.1 Å². The van der Waals surface area contributed by atoms with Crippen LogP contribution < -0.4 is 5.32 Å². The second-order valence-corrected chi connectivity index (χ2v) is 8.87. The Morgan fingerprint density at radius 2 is 2.22 bits per heavy atom. The molecule has 1 fully saturated rings. The summed E-state index contributed by atoms with van der Waals surface area (Å²) < 4.78 is 30.4. The van der Waals surface area contributed by atoms with Crippen molar-refractivity contribution in [2.75, 3.05) is 37.8 Å². The molecule has 0 unspecified atom stereocenters. The van der Waals surface area contributed by atoms with Crippen molar-refractivity contribution >= 4 is 37.4 Å². The third-order valence-corrected chi connectivity index (χ3v) is 6.42. The topological polar surface area (TPSA) is 84.4 Å². The van der Waals surface area contributed by atoms with Crippen LogP contribution in [-0.2, 0) is 14.8 Å². The van der Waals surface area contributed by atoms with Gasteiger partial charge in [-0.25, -0.2) is 18.4 Å². The fraction of sp³-hybridized carbons (Fsp3) is 0.571. The second kappa shape index (κ2) is 6.31. The summed E-state index contributed by atoms with van der Waals surface area (Å²) in [6.45, 7) is 5.82. The van der Waals surface area contributed by atoms with Crippen molar-refractivity contribution in [2.45, 2.75) is 20.0 Å². The molecule has 1 atom stereocenters. The zero-order chi connectivity index (χ0) is 16.6. The largest absolute Gasteiger partial charge is 0.374 e. The van der Waals surface area contributed by atoms with E-state index in [0.29, 0.717) is 26.2 Å². The number of hydrogen-bond acceptors (Lipinski definition) is 7. The fourth-order valence-electron chi connectivity index (χ4n) is 2.64. The standard InChI is InChI=1S/C14H20N4O3S2/c1-9-10(2)22-14-12(9)13(16-8-17-14)15-6-11-7-18(4-5-21-11)23(3,19)20/h8,11H,4-7H2,1-3H3,(H,15,16,17)/t11-/m1/s1. The SMILES string of the molecule is Cc1sc2ncnc(NC[C@@H]3CN(S(C)(=O)=O)CCO3)c2c1C. The Hall–Kier alpha value is -1.29. The average molecular weight is 356 g/mol. The van der Waals surface area contributed by atoms with Crippen LogP contribution in [0.5, 0.6) is 0 Å². The summed E-state index contributed by atoms with van der Waals surface area (Å²) in [5.41, 5.74) is 1.18. The molecule has 0 spiro atoms. The van der Waals surface area contributed by atoms with Gasteiger partial charge >= 0.3 is 0 Å². The number of anilines is 1. The number of morpholine rings is 1. The van der Waals surface area contributed by atoms with Crippen molar-refractivity contribution in [3.05, 3.63) is 16.8 Å². The first-order chi connectivity index (χ1) is 10.9. The van der Waals surface area contributed by atoms with Gasteiger partial charge in [-0.15, -0.1) is 11.3 Å². The number of aryl methyl sites for hydroxylation is 2. The molecule has 2 aromatic rings. The van der Waals surface area contributed by atoms with Gasteiger partial charge in [-0.2, -0.15) is 4.31 Å². The van der Waals surface area contributed by atoms with E-state index in [-0.39, 0.29) is 6.10 Å². The first kappa shape index (κ1) is 16.6. The molecule has 7 nitrogen and oxygen atoms in total. The summed E-state index contributed by atoms with van der Waals surface area (Å²) in [5, 5.41) is 4.33. The Bertz CT molecular complexity index is 819. The van der Waals surface area contributed by atoms with Crippen molar-refractivity contribution in [2.24, 2.45) is 0 Å². The predicted octanol–water partition coefficient (Wildman–Crippen LogP) is 1.38. The number of fused-ring (bicyclic) bond motifs is 1. The molecule has 0 aromatic carbocycles. The van der Waals surface area contributed by atoms with Crippen molar-refractivity contribution in [1.29, 1.82) is 0 Å². The highest BCUT2D eigenvalue weighted by atomic mass is 32.2. The molecule has 3 rings (SSSR count). The number of nitrogens with zero attached hydrogens (tertiary/aromatic N) is 3. The molecule has 0 saturated carbocycles. The van der Waals surface area contributed by atoms with E-state index < -0.39 is 10.0 Å². The van der Waals surface area contributed by atoms with Crippen molar-refractivity contribution in [1.82, 2.24) is 14.3 Å². The van der Waals surface area contributed by atoms with E-state index in [2.05, 4.69) is 29.1 Å². The third kappa shape index (κ3) is 3.47. The van der Waals surface area contributed by atoms with Gasteiger partial charge in [-0.3, -0.25) is 0 Å². The highest BCUT2D eigenvalue weighted by Crippen LogP contribution is 2.32. The molecular weight excluding hydrogens is 336 g/mol. The van der Waals surface area contributed by atoms with Crippen LogP contribution in [0.15, 0.2) is 6.33 Å². The average Bonchev–Trinajstić information content (AvgIpc) is 2.80. The molecule has 1 N–H and O–H groups in total. The summed E-state index contributed by atoms with van der Waals surface area (Å²) in [6.07, 6.45) is 2.59. The van der Waals surface area contributed by atoms with Gasteiger partial charge in [-0.1, -0.05) is 0 Å². The number of nitrogens with one attached hydrogen (secondary N) is 1. The zero-order valence-corrected chi connectivity index (χ0v) is 15.0. The molecule has 1 aliphatic heterocycles. The Balaban J connectivity index is 1.74.